The fourth-order valence-electron chi connectivity index (χ4n) is 0.782. The number of aliphatic hydroxyl groups excluding tert-OH is 1. The maximum Gasteiger partial charge on any atom is 0.302 e. The van der Waals surface area contributed by atoms with Gasteiger partial charge in [-0.1, -0.05) is 0 Å². The average molecular weight is 220 g/mol. The first-order chi connectivity index (χ1) is 6.75. The largest absolute Gasteiger partial charge is 0.463 e. The van der Waals surface area contributed by atoms with Gasteiger partial charge < -0.3 is 14.6 Å². The van der Waals surface area contributed by atoms with E-state index in [2.05, 4.69) is 4.74 Å². The van der Waals surface area contributed by atoms with E-state index in [1.54, 1.807) is 6.92 Å². The zero-order valence-corrected chi connectivity index (χ0v) is 10.6. The van der Waals surface area contributed by atoms with Gasteiger partial charge >= 0.3 is 5.97 Å². The van der Waals surface area contributed by atoms with Crippen molar-refractivity contribution in [1.29, 1.82) is 0 Å². The number of carbonyl (C=O) groups excluding carboxylic acids is 1. The van der Waals surface area contributed by atoms with Crippen LogP contribution in [0.15, 0.2) is 0 Å². The molecule has 1 unspecified atom stereocenters. The topological polar surface area (TPSA) is 55.8 Å². The molecule has 0 saturated heterocycles. The van der Waals surface area contributed by atoms with Gasteiger partial charge in [-0.25, -0.2) is 0 Å². The van der Waals surface area contributed by atoms with Gasteiger partial charge in [0.1, 0.15) is 6.61 Å². The predicted octanol–water partition coefficient (Wildman–Crippen LogP) is 1.75. The Labute approximate surface area is 92.6 Å². The molecule has 0 spiro atoms. The highest BCUT2D eigenvalue weighted by Crippen LogP contribution is 1.93. The van der Waals surface area contributed by atoms with E-state index >= 15 is 0 Å². The molecule has 0 bridgehead atoms. The molecule has 0 amide bonds. The summed E-state index contributed by atoms with van der Waals surface area (Å²) in [6, 6.07) is 0. The summed E-state index contributed by atoms with van der Waals surface area (Å²) < 4.78 is 9.66. The summed E-state index contributed by atoms with van der Waals surface area (Å²) >= 11 is 0. The summed E-state index contributed by atoms with van der Waals surface area (Å²) in [7, 11) is 0. The van der Waals surface area contributed by atoms with Gasteiger partial charge in [-0.3, -0.25) is 4.79 Å². The minimum absolute atomic E-state index is 0.0926. The van der Waals surface area contributed by atoms with E-state index in [0.29, 0.717) is 12.2 Å². The Kier molecular flexibility index (Phi) is 11.1. The van der Waals surface area contributed by atoms with Gasteiger partial charge in [-0.15, -0.1) is 0 Å². The Hall–Kier alpha value is -0.610. The Balaban J connectivity index is 0. The monoisotopic (exact) mass is 220 g/mol. The molecule has 4 nitrogen and oxygen atoms in total. The molecule has 15 heavy (non-hydrogen) atoms. The van der Waals surface area contributed by atoms with Crippen LogP contribution in [0.5, 0.6) is 0 Å². The second kappa shape index (κ2) is 9.93. The summed E-state index contributed by atoms with van der Waals surface area (Å²) in [5.41, 5.74) is 0. The van der Waals surface area contributed by atoms with Crippen LogP contribution >= 0.6 is 0 Å². The Bertz CT molecular complexity index is 147. The smallest absolute Gasteiger partial charge is 0.302 e. The average Bonchev–Trinajstić information content (AvgIpc) is 1.99. The molecule has 0 aliphatic carbocycles. The number of aliphatic hydroxyl groups is 1. The van der Waals surface area contributed by atoms with Gasteiger partial charge in [0.25, 0.3) is 0 Å². The van der Waals surface area contributed by atoms with Crippen LogP contribution in [0.2, 0.25) is 0 Å². The van der Waals surface area contributed by atoms with Crippen LogP contribution in [0.1, 0.15) is 41.5 Å². The van der Waals surface area contributed by atoms with Crippen molar-refractivity contribution in [1.82, 2.24) is 0 Å². The number of ether oxygens (including phenoxy) is 2. The van der Waals surface area contributed by atoms with Gasteiger partial charge in [-0.05, 0) is 34.6 Å². The second-order valence-corrected chi connectivity index (χ2v) is 3.89. The SMILES string of the molecule is CC(=O)OCC(C)O.CC(C)OC(C)C. The lowest BCUT2D eigenvalue weighted by atomic mass is 10.4. The highest BCUT2D eigenvalue weighted by molar-refractivity contribution is 5.65. The summed E-state index contributed by atoms with van der Waals surface area (Å²) in [5.74, 6) is -0.356. The number of hydrogen-bond donors (Lipinski definition) is 1. The predicted molar refractivity (Wildman–Crippen MR) is 59.7 cm³/mol. The minimum atomic E-state index is -0.557. The third-order valence-electron chi connectivity index (χ3n) is 1.07. The summed E-state index contributed by atoms with van der Waals surface area (Å²) in [4.78, 5) is 10.0. The van der Waals surface area contributed by atoms with Crippen LogP contribution in [0.25, 0.3) is 0 Å². The molecule has 1 atom stereocenters. The van der Waals surface area contributed by atoms with E-state index in [1.807, 2.05) is 27.7 Å². The number of rotatable bonds is 4. The lowest BCUT2D eigenvalue weighted by Gasteiger charge is -2.09. The van der Waals surface area contributed by atoms with Crippen LogP contribution in [-0.4, -0.2) is 36.0 Å². The third-order valence-corrected chi connectivity index (χ3v) is 1.07. The van der Waals surface area contributed by atoms with Crippen LogP contribution < -0.4 is 0 Å². The van der Waals surface area contributed by atoms with E-state index in [4.69, 9.17) is 9.84 Å². The molecule has 1 N–H and O–H groups in total. The normalized spacial score (nSPS) is 12.1. The van der Waals surface area contributed by atoms with Crippen LogP contribution in [0, 0.1) is 0 Å². The molecular formula is C11H24O4. The quantitative estimate of drug-likeness (QED) is 0.733. The van der Waals surface area contributed by atoms with Crippen molar-refractivity contribution in [2.45, 2.75) is 59.9 Å². The van der Waals surface area contributed by atoms with E-state index in [0.717, 1.165) is 0 Å². The molecule has 0 aromatic rings. The van der Waals surface area contributed by atoms with Crippen molar-refractivity contribution >= 4 is 5.97 Å². The zero-order chi connectivity index (χ0) is 12.4. The molecule has 0 heterocycles. The summed E-state index contributed by atoms with van der Waals surface area (Å²) in [5, 5.41) is 8.52. The van der Waals surface area contributed by atoms with Crippen molar-refractivity contribution in [2.24, 2.45) is 0 Å². The molecule has 0 aliphatic rings. The zero-order valence-electron chi connectivity index (χ0n) is 10.6. The Morgan fingerprint density at radius 2 is 1.53 bits per heavy atom. The molecule has 0 saturated carbocycles. The molecule has 0 fully saturated rings. The number of esters is 1. The second-order valence-electron chi connectivity index (χ2n) is 3.89. The standard InChI is InChI=1S/C6H14O.C5H10O3/c1-5(2)7-6(3)4;1-4(6)3-8-5(2)7/h5-6H,1-4H3;4,6H,3H2,1-2H3. The lowest BCUT2D eigenvalue weighted by molar-refractivity contribution is -0.143. The van der Waals surface area contributed by atoms with E-state index in [-0.39, 0.29) is 12.6 Å². The molecule has 92 valence electrons. The van der Waals surface area contributed by atoms with Crippen molar-refractivity contribution in [3.05, 3.63) is 0 Å². The molecular weight excluding hydrogens is 196 g/mol. The third kappa shape index (κ3) is 24.7. The van der Waals surface area contributed by atoms with Crippen molar-refractivity contribution in [2.75, 3.05) is 6.61 Å². The Morgan fingerprint density at radius 3 is 1.60 bits per heavy atom. The maximum atomic E-state index is 10.0. The first-order valence-electron chi connectivity index (χ1n) is 5.22. The Morgan fingerprint density at radius 1 is 1.13 bits per heavy atom. The lowest BCUT2D eigenvalue weighted by Crippen LogP contribution is -2.12. The van der Waals surface area contributed by atoms with Crippen molar-refractivity contribution in [3.63, 3.8) is 0 Å². The molecule has 0 aromatic heterocycles. The van der Waals surface area contributed by atoms with E-state index in [9.17, 15) is 4.79 Å². The molecule has 0 rings (SSSR count). The first-order valence-corrected chi connectivity index (χ1v) is 5.22. The van der Waals surface area contributed by atoms with Gasteiger partial charge in [0.05, 0.1) is 18.3 Å². The fourth-order valence-corrected chi connectivity index (χ4v) is 0.782. The molecule has 0 aliphatic heterocycles. The summed E-state index contributed by atoms with van der Waals surface area (Å²) in [6.07, 6.45) is 0.193. The van der Waals surface area contributed by atoms with Crippen LogP contribution in [-0.2, 0) is 14.3 Å². The van der Waals surface area contributed by atoms with Crippen molar-refractivity contribution < 1.29 is 19.4 Å². The van der Waals surface area contributed by atoms with Gasteiger partial charge in [-0.2, -0.15) is 0 Å². The van der Waals surface area contributed by atoms with Gasteiger partial charge in [0, 0.05) is 6.92 Å². The van der Waals surface area contributed by atoms with Crippen LogP contribution in [0.4, 0.5) is 0 Å². The van der Waals surface area contributed by atoms with E-state index < -0.39 is 6.10 Å². The summed E-state index contributed by atoms with van der Waals surface area (Å²) in [6.45, 7) is 11.1. The van der Waals surface area contributed by atoms with E-state index in [1.165, 1.54) is 6.92 Å². The fraction of sp³-hybridized carbons (Fsp3) is 0.909. The van der Waals surface area contributed by atoms with Gasteiger partial charge in [0.2, 0.25) is 0 Å². The molecule has 4 heteroatoms. The highest BCUT2D eigenvalue weighted by atomic mass is 16.5. The maximum absolute atomic E-state index is 10.0. The number of carbonyl (C=O) groups is 1. The van der Waals surface area contributed by atoms with Crippen molar-refractivity contribution in [3.8, 4) is 0 Å². The molecule has 0 aromatic carbocycles. The number of hydrogen-bond acceptors (Lipinski definition) is 4. The highest BCUT2D eigenvalue weighted by Gasteiger charge is 1.96. The minimum Gasteiger partial charge on any atom is -0.463 e. The van der Waals surface area contributed by atoms with Gasteiger partial charge in [0.15, 0.2) is 0 Å². The molecule has 0 radical (unpaired) electrons. The van der Waals surface area contributed by atoms with Crippen LogP contribution in [0.3, 0.4) is 0 Å². The first kappa shape index (κ1) is 16.8.